The average Bonchev–Trinajstić information content (AvgIpc) is 3.31. The molecule has 0 atom stereocenters. The van der Waals surface area contributed by atoms with Gasteiger partial charge in [0.15, 0.2) is 11.5 Å². The van der Waals surface area contributed by atoms with Crippen LogP contribution < -0.4 is 0 Å². The fourth-order valence-corrected chi connectivity index (χ4v) is 4.07. The van der Waals surface area contributed by atoms with Crippen molar-refractivity contribution < 1.29 is 19.4 Å². The number of hydrogen-bond acceptors (Lipinski definition) is 4. The van der Waals surface area contributed by atoms with Crippen LogP contribution in [0.5, 0.6) is 11.5 Å². The Labute approximate surface area is 170 Å². The van der Waals surface area contributed by atoms with E-state index >= 15 is 0 Å². The van der Waals surface area contributed by atoms with Crippen LogP contribution in [0.2, 0.25) is 0 Å². The van der Waals surface area contributed by atoms with E-state index in [1.807, 2.05) is 25.1 Å². The number of hydrogen-bond donors (Lipinski definition) is 2. The van der Waals surface area contributed by atoms with E-state index < -0.39 is 0 Å². The van der Waals surface area contributed by atoms with Gasteiger partial charge in [0, 0.05) is 12.0 Å². The largest absolute Gasteiger partial charge is 0.508 e. The monoisotopic (exact) mass is 388 g/mol. The molecule has 29 heavy (non-hydrogen) atoms. The maximum absolute atomic E-state index is 12.8. The van der Waals surface area contributed by atoms with Crippen molar-refractivity contribution in [2.45, 2.75) is 39.5 Å². The van der Waals surface area contributed by atoms with Crippen molar-refractivity contribution in [1.29, 1.82) is 0 Å². The lowest BCUT2D eigenvalue weighted by Crippen LogP contribution is -2.01. The van der Waals surface area contributed by atoms with Crippen LogP contribution in [0, 0.1) is 6.92 Å². The lowest BCUT2D eigenvalue weighted by molar-refractivity contribution is 0.0952. The van der Waals surface area contributed by atoms with E-state index in [4.69, 9.17) is 4.42 Å². The van der Waals surface area contributed by atoms with Crippen molar-refractivity contribution in [1.82, 2.24) is 0 Å². The lowest BCUT2D eigenvalue weighted by atomic mass is 9.92. The summed E-state index contributed by atoms with van der Waals surface area (Å²) in [6.45, 7) is 4.04. The summed E-state index contributed by atoms with van der Waals surface area (Å²) in [4.78, 5) is 12.8. The number of Topliss-reactive ketones (excluding diaryl/α,β-unsaturated/α-hetero) is 1. The fourth-order valence-electron chi connectivity index (χ4n) is 4.07. The number of aryl methyl sites for hydroxylation is 1. The molecule has 0 saturated carbocycles. The lowest BCUT2D eigenvalue weighted by Gasteiger charge is -2.10. The highest BCUT2D eigenvalue weighted by Crippen LogP contribution is 2.46. The van der Waals surface area contributed by atoms with Crippen LogP contribution in [0.25, 0.3) is 11.1 Å². The van der Waals surface area contributed by atoms with Gasteiger partial charge in [0.2, 0.25) is 0 Å². The first-order valence-corrected chi connectivity index (χ1v) is 9.96. The summed E-state index contributed by atoms with van der Waals surface area (Å²) in [5.74, 6) is 0.778. The molecular formula is C25H24O4. The normalized spacial score (nSPS) is 13.0. The molecule has 1 heterocycles. The average molecular weight is 388 g/mol. The van der Waals surface area contributed by atoms with Crippen LogP contribution in [-0.4, -0.2) is 16.0 Å². The molecule has 0 spiro atoms. The number of fused-ring (bicyclic) bond motifs is 1. The molecule has 3 aromatic rings. The molecule has 2 aromatic carbocycles. The molecule has 4 nitrogen and oxygen atoms in total. The molecule has 1 aliphatic carbocycles. The van der Waals surface area contributed by atoms with Gasteiger partial charge in [-0.05, 0) is 83.5 Å². The number of phenolic OH excluding ortho intramolecular Hbond substituents is 2. The van der Waals surface area contributed by atoms with E-state index in [1.165, 1.54) is 0 Å². The van der Waals surface area contributed by atoms with Crippen molar-refractivity contribution in [3.63, 3.8) is 0 Å². The highest BCUT2D eigenvalue weighted by atomic mass is 16.3. The number of aromatic hydroxyl groups is 2. The Kier molecular flexibility index (Phi) is 5.01. The Morgan fingerprint density at radius 3 is 2.52 bits per heavy atom. The predicted octanol–water partition coefficient (Wildman–Crippen LogP) is 5.89. The summed E-state index contributed by atoms with van der Waals surface area (Å²) in [6.07, 6.45) is 4.46. The standard InChI is InChI=1S/C25H24O4/c1-3-4-5-23(28)25-19(10-11-29-25)24-21(16-6-8-17(26)9-7-16)14-20-15(2)12-18(27)13-22(20)24/h6-13,26-27H,3-5,14H2,1-2H3. The molecule has 0 aliphatic heterocycles. The first kappa shape index (κ1) is 19.1. The highest BCUT2D eigenvalue weighted by molar-refractivity contribution is 6.09. The van der Waals surface area contributed by atoms with Gasteiger partial charge in [-0.15, -0.1) is 0 Å². The molecule has 0 unspecified atom stereocenters. The van der Waals surface area contributed by atoms with Crippen molar-refractivity contribution in [2.75, 3.05) is 0 Å². The van der Waals surface area contributed by atoms with Crippen molar-refractivity contribution in [3.8, 4) is 11.5 Å². The summed E-state index contributed by atoms with van der Waals surface area (Å²) in [5, 5.41) is 19.9. The summed E-state index contributed by atoms with van der Waals surface area (Å²) in [5.41, 5.74) is 6.77. The first-order valence-electron chi connectivity index (χ1n) is 9.96. The SMILES string of the molecule is CCCCC(=O)c1occc1C1=C(c2ccc(O)cc2)Cc2c(C)cc(O)cc21. The Hall–Kier alpha value is -3.27. The Morgan fingerprint density at radius 2 is 1.79 bits per heavy atom. The van der Waals surface area contributed by atoms with Crippen molar-refractivity contribution in [3.05, 3.63) is 82.3 Å². The van der Waals surface area contributed by atoms with Gasteiger partial charge in [0.05, 0.1) is 6.26 Å². The van der Waals surface area contributed by atoms with Gasteiger partial charge in [-0.25, -0.2) is 0 Å². The summed E-state index contributed by atoms with van der Waals surface area (Å²) >= 11 is 0. The molecule has 0 radical (unpaired) electrons. The van der Waals surface area contributed by atoms with Gasteiger partial charge in [0.25, 0.3) is 0 Å². The second kappa shape index (κ2) is 7.63. The van der Waals surface area contributed by atoms with Gasteiger partial charge >= 0.3 is 0 Å². The van der Waals surface area contributed by atoms with Gasteiger partial charge in [0.1, 0.15) is 11.5 Å². The number of benzene rings is 2. The number of allylic oxidation sites excluding steroid dienone is 1. The first-order chi connectivity index (χ1) is 14.0. The van der Waals surface area contributed by atoms with Crippen LogP contribution in [0.4, 0.5) is 0 Å². The summed E-state index contributed by atoms with van der Waals surface area (Å²) < 4.78 is 5.63. The minimum absolute atomic E-state index is 0.00488. The van der Waals surface area contributed by atoms with E-state index in [2.05, 4.69) is 6.92 Å². The third kappa shape index (κ3) is 3.46. The number of unbranched alkanes of at least 4 members (excludes halogenated alkanes) is 1. The van der Waals surface area contributed by atoms with E-state index in [1.54, 1.807) is 30.5 Å². The number of rotatable bonds is 6. The number of carbonyl (C=O) groups is 1. The quantitative estimate of drug-likeness (QED) is 0.517. The maximum atomic E-state index is 12.8. The minimum atomic E-state index is -0.00488. The van der Waals surface area contributed by atoms with Crippen LogP contribution in [0.3, 0.4) is 0 Å². The molecule has 4 heteroatoms. The van der Waals surface area contributed by atoms with Gasteiger partial charge in [-0.3, -0.25) is 4.79 Å². The predicted molar refractivity (Wildman–Crippen MR) is 113 cm³/mol. The van der Waals surface area contributed by atoms with Crippen LogP contribution >= 0.6 is 0 Å². The molecular weight excluding hydrogens is 364 g/mol. The highest BCUT2D eigenvalue weighted by Gasteiger charge is 2.29. The second-order valence-electron chi connectivity index (χ2n) is 7.56. The molecule has 1 aliphatic rings. The zero-order valence-electron chi connectivity index (χ0n) is 16.7. The maximum Gasteiger partial charge on any atom is 0.198 e. The van der Waals surface area contributed by atoms with Crippen molar-refractivity contribution >= 4 is 16.9 Å². The van der Waals surface area contributed by atoms with Crippen LogP contribution in [0.15, 0.2) is 53.1 Å². The molecule has 0 saturated heterocycles. The molecule has 1 aromatic heterocycles. The second-order valence-corrected chi connectivity index (χ2v) is 7.56. The van der Waals surface area contributed by atoms with Crippen molar-refractivity contribution in [2.24, 2.45) is 0 Å². The zero-order valence-corrected chi connectivity index (χ0v) is 16.7. The smallest absolute Gasteiger partial charge is 0.198 e. The molecule has 4 rings (SSSR count). The number of ketones is 1. The van der Waals surface area contributed by atoms with Gasteiger partial charge < -0.3 is 14.6 Å². The Bertz CT molecular complexity index is 1100. The molecule has 148 valence electrons. The number of phenols is 2. The Balaban J connectivity index is 1.92. The zero-order chi connectivity index (χ0) is 20.5. The molecule has 2 N–H and O–H groups in total. The van der Waals surface area contributed by atoms with E-state index in [0.29, 0.717) is 18.6 Å². The van der Waals surface area contributed by atoms with Gasteiger partial charge in [-0.1, -0.05) is 25.5 Å². The molecule has 0 fully saturated rings. The fraction of sp³-hybridized carbons (Fsp3) is 0.240. The Morgan fingerprint density at radius 1 is 1.03 bits per heavy atom. The van der Waals surface area contributed by atoms with E-state index in [9.17, 15) is 15.0 Å². The van der Waals surface area contributed by atoms with E-state index in [0.717, 1.165) is 51.8 Å². The summed E-state index contributed by atoms with van der Waals surface area (Å²) in [6, 6.07) is 12.4. The topological polar surface area (TPSA) is 70.7 Å². The van der Waals surface area contributed by atoms with Crippen LogP contribution in [-0.2, 0) is 6.42 Å². The third-order valence-corrected chi connectivity index (χ3v) is 5.54. The van der Waals surface area contributed by atoms with Gasteiger partial charge in [-0.2, -0.15) is 0 Å². The number of carbonyl (C=O) groups excluding carboxylic acids is 1. The number of furan rings is 1. The minimum Gasteiger partial charge on any atom is -0.508 e. The molecule has 0 bridgehead atoms. The summed E-state index contributed by atoms with van der Waals surface area (Å²) in [7, 11) is 0. The third-order valence-electron chi connectivity index (χ3n) is 5.54. The molecule has 0 amide bonds. The van der Waals surface area contributed by atoms with E-state index in [-0.39, 0.29) is 17.3 Å². The van der Waals surface area contributed by atoms with Crippen LogP contribution in [0.1, 0.15) is 64.6 Å².